The first-order valence-electron chi connectivity index (χ1n) is 8.62. The summed E-state index contributed by atoms with van der Waals surface area (Å²) in [4.78, 5) is 11.1. The molecule has 0 saturated carbocycles. The first-order chi connectivity index (χ1) is 13.2. The topological polar surface area (TPSA) is 44.8 Å². The summed E-state index contributed by atoms with van der Waals surface area (Å²) in [7, 11) is 4.89. The second-order valence-electron chi connectivity index (χ2n) is 6.09. The predicted molar refractivity (Wildman–Crippen MR) is 106 cm³/mol. The van der Waals surface area contributed by atoms with Gasteiger partial charge in [0.25, 0.3) is 0 Å². The van der Waals surface area contributed by atoms with Gasteiger partial charge in [0.1, 0.15) is 23.5 Å². The standard InChI is InChI=1S/C23H22O4/c1-25-19-13-22(26-2)21(23(14-19)27-3)12-18-8-4-5-10-20(18)17-9-6-7-16(11-17)15-24/h4-11,13-15H,12H2,1-3H3. The van der Waals surface area contributed by atoms with Crippen molar-refractivity contribution in [1.29, 1.82) is 0 Å². The largest absolute Gasteiger partial charge is 0.496 e. The number of hydrogen-bond donors (Lipinski definition) is 0. The molecule has 0 aliphatic heterocycles. The van der Waals surface area contributed by atoms with Crippen LogP contribution in [-0.2, 0) is 6.42 Å². The van der Waals surface area contributed by atoms with Gasteiger partial charge in [0.15, 0.2) is 0 Å². The number of methoxy groups -OCH3 is 3. The van der Waals surface area contributed by atoms with Gasteiger partial charge in [0.2, 0.25) is 0 Å². The zero-order valence-corrected chi connectivity index (χ0v) is 15.7. The molecule has 3 aromatic carbocycles. The molecule has 27 heavy (non-hydrogen) atoms. The minimum absolute atomic E-state index is 0.623. The fourth-order valence-corrected chi connectivity index (χ4v) is 3.18. The van der Waals surface area contributed by atoms with Gasteiger partial charge in [-0.25, -0.2) is 0 Å². The van der Waals surface area contributed by atoms with E-state index in [2.05, 4.69) is 12.1 Å². The molecule has 0 aliphatic rings. The summed E-state index contributed by atoms with van der Waals surface area (Å²) in [5, 5.41) is 0. The van der Waals surface area contributed by atoms with Crippen molar-refractivity contribution in [2.45, 2.75) is 6.42 Å². The Kier molecular flexibility index (Phi) is 5.77. The van der Waals surface area contributed by atoms with Crippen LogP contribution in [0.2, 0.25) is 0 Å². The molecule has 0 atom stereocenters. The lowest BCUT2D eigenvalue weighted by Gasteiger charge is -2.17. The van der Waals surface area contributed by atoms with Crippen molar-refractivity contribution < 1.29 is 19.0 Å². The van der Waals surface area contributed by atoms with Crippen LogP contribution in [-0.4, -0.2) is 27.6 Å². The van der Waals surface area contributed by atoms with E-state index in [0.29, 0.717) is 29.2 Å². The van der Waals surface area contributed by atoms with Crippen molar-refractivity contribution >= 4 is 6.29 Å². The minimum Gasteiger partial charge on any atom is -0.496 e. The van der Waals surface area contributed by atoms with E-state index in [1.807, 2.05) is 42.5 Å². The maximum Gasteiger partial charge on any atom is 0.150 e. The van der Waals surface area contributed by atoms with Gasteiger partial charge in [0, 0.05) is 29.7 Å². The Hall–Kier alpha value is -3.27. The summed E-state index contributed by atoms with van der Waals surface area (Å²) >= 11 is 0. The fourth-order valence-electron chi connectivity index (χ4n) is 3.18. The second-order valence-corrected chi connectivity index (χ2v) is 6.09. The Morgan fingerprint density at radius 3 is 2.15 bits per heavy atom. The fraction of sp³-hybridized carbons (Fsp3) is 0.174. The third-order valence-electron chi connectivity index (χ3n) is 4.54. The summed E-state index contributed by atoms with van der Waals surface area (Å²) < 4.78 is 16.5. The molecular formula is C23H22O4. The van der Waals surface area contributed by atoms with E-state index in [-0.39, 0.29) is 0 Å². The van der Waals surface area contributed by atoms with Crippen LogP contribution in [0.3, 0.4) is 0 Å². The van der Waals surface area contributed by atoms with Crippen molar-refractivity contribution in [3.63, 3.8) is 0 Å². The number of aldehydes is 1. The molecule has 4 heteroatoms. The molecule has 0 amide bonds. The van der Waals surface area contributed by atoms with E-state index in [0.717, 1.165) is 28.5 Å². The first kappa shape index (κ1) is 18.5. The molecule has 0 spiro atoms. The normalized spacial score (nSPS) is 10.3. The summed E-state index contributed by atoms with van der Waals surface area (Å²) in [6.45, 7) is 0. The van der Waals surface area contributed by atoms with Crippen LogP contribution < -0.4 is 14.2 Å². The molecule has 4 nitrogen and oxygen atoms in total. The van der Waals surface area contributed by atoms with E-state index in [1.165, 1.54) is 0 Å². The summed E-state index contributed by atoms with van der Waals surface area (Å²) in [6.07, 6.45) is 1.49. The summed E-state index contributed by atoms with van der Waals surface area (Å²) in [6, 6.07) is 19.4. The molecule has 0 bridgehead atoms. The highest BCUT2D eigenvalue weighted by Crippen LogP contribution is 2.37. The Morgan fingerprint density at radius 1 is 0.815 bits per heavy atom. The van der Waals surface area contributed by atoms with Crippen LogP contribution in [0.4, 0.5) is 0 Å². The third-order valence-corrected chi connectivity index (χ3v) is 4.54. The molecule has 138 valence electrons. The van der Waals surface area contributed by atoms with Gasteiger partial charge < -0.3 is 14.2 Å². The number of carbonyl (C=O) groups is 1. The molecular weight excluding hydrogens is 340 g/mol. The van der Waals surface area contributed by atoms with Gasteiger partial charge in [0.05, 0.1) is 21.3 Å². The zero-order valence-electron chi connectivity index (χ0n) is 15.7. The van der Waals surface area contributed by atoms with Crippen LogP contribution in [0.15, 0.2) is 60.7 Å². The van der Waals surface area contributed by atoms with E-state index >= 15 is 0 Å². The van der Waals surface area contributed by atoms with Crippen molar-refractivity contribution in [1.82, 2.24) is 0 Å². The summed E-state index contributed by atoms with van der Waals surface area (Å²) in [5.41, 5.74) is 4.78. The summed E-state index contributed by atoms with van der Waals surface area (Å²) in [5.74, 6) is 2.10. The Bertz CT molecular complexity index is 922. The number of rotatable bonds is 7. The van der Waals surface area contributed by atoms with Crippen molar-refractivity contribution in [2.24, 2.45) is 0 Å². The van der Waals surface area contributed by atoms with Gasteiger partial charge in [-0.2, -0.15) is 0 Å². The number of hydrogen-bond acceptors (Lipinski definition) is 4. The molecule has 3 aromatic rings. The highest BCUT2D eigenvalue weighted by molar-refractivity contribution is 5.79. The van der Waals surface area contributed by atoms with Crippen molar-refractivity contribution in [2.75, 3.05) is 21.3 Å². The maximum atomic E-state index is 11.1. The lowest BCUT2D eigenvalue weighted by atomic mass is 9.93. The molecule has 0 radical (unpaired) electrons. The van der Waals surface area contributed by atoms with Crippen LogP contribution in [0.1, 0.15) is 21.5 Å². The SMILES string of the molecule is COc1cc(OC)c(Cc2ccccc2-c2cccc(C=O)c2)c(OC)c1. The molecule has 0 fully saturated rings. The average Bonchev–Trinajstić information content (AvgIpc) is 2.74. The Balaban J connectivity index is 2.08. The number of ether oxygens (including phenoxy) is 3. The molecule has 0 N–H and O–H groups in total. The quantitative estimate of drug-likeness (QED) is 0.567. The lowest BCUT2D eigenvalue weighted by molar-refractivity contribution is 0.112. The second kappa shape index (κ2) is 8.41. The first-order valence-corrected chi connectivity index (χ1v) is 8.62. The van der Waals surface area contributed by atoms with E-state index in [1.54, 1.807) is 27.4 Å². The van der Waals surface area contributed by atoms with Crippen molar-refractivity contribution in [3.05, 3.63) is 77.4 Å². The highest BCUT2D eigenvalue weighted by atomic mass is 16.5. The molecule has 0 heterocycles. The monoisotopic (exact) mass is 362 g/mol. The highest BCUT2D eigenvalue weighted by Gasteiger charge is 2.16. The van der Waals surface area contributed by atoms with E-state index in [4.69, 9.17) is 14.2 Å². The van der Waals surface area contributed by atoms with Crippen LogP contribution >= 0.6 is 0 Å². The maximum absolute atomic E-state index is 11.1. The zero-order chi connectivity index (χ0) is 19.2. The van der Waals surface area contributed by atoms with Crippen LogP contribution in [0.5, 0.6) is 17.2 Å². The van der Waals surface area contributed by atoms with Gasteiger partial charge in [-0.15, -0.1) is 0 Å². The average molecular weight is 362 g/mol. The van der Waals surface area contributed by atoms with Gasteiger partial charge >= 0.3 is 0 Å². The van der Waals surface area contributed by atoms with Gasteiger partial charge in [-0.05, 0) is 22.8 Å². The molecule has 0 unspecified atom stereocenters. The van der Waals surface area contributed by atoms with Gasteiger partial charge in [-0.3, -0.25) is 4.79 Å². The molecule has 0 saturated heterocycles. The number of benzene rings is 3. The number of carbonyl (C=O) groups excluding carboxylic acids is 1. The molecule has 0 aromatic heterocycles. The van der Waals surface area contributed by atoms with Crippen LogP contribution in [0, 0.1) is 0 Å². The van der Waals surface area contributed by atoms with Crippen LogP contribution in [0.25, 0.3) is 11.1 Å². The minimum atomic E-state index is 0.623. The predicted octanol–water partition coefficient (Wildman–Crippen LogP) is 4.78. The lowest BCUT2D eigenvalue weighted by Crippen LogP contribution is -2.00. The molecule has 0 aliphatic carbocycles. The smallest absolute Gasteiger partial charge is 0.150 e. The van der Waals surface area contributed by atoms with E-state index < -0.39 is 0 Å². The van der Waals surface area contributed by atoms with Gasteiger partial charge in [-0.1, -0.05) is 42.5 Å². The molecule has 3 rings (SSSR count). The Morgan fingerprint density at radius 2 is 1.52 bits per heavy atom. The van der Waals surface area contributed by atoms with Crippen molar-refractivity contribution in [3.8, 4) is 28.4 Å². The third kappa shape index (κ3) is 3.95. The van der Waals surface area contributed by atoms with E-state index in [9.17, 15) is 4.79 Å². The Labute approximate surface area is 159 Å².